The molecule has 0 radical (unpaired) electrons. The molecule has 1 rings (SSSR count). The van der Waals surface area contributed by atoms with Crippen molar-refractivity contribution in [2.75, 3.05) is 5.73 Å². The van der Waals surface area contributed by atoms with Gasteiger partial charge in [0.25, 0.3) is 0 Å². The molecule has 4 nitrogen and oxygen atoms in total. The van der Waals surface area contributed by atoms with Gasteiger partial charge in [-0.3, -0.25) is 0 Å². The number of pyridine rings is 1. The lowest BCUT2D eigenvalue weighted by Crippen LogP contribution is -2.27. The van der Waals surface area contributed by atoms with E-state index in [0.29, 0.717) is 12.0 Å². The van der Waals surface area contributed by atoms with Crippen molar-refractivity contribution in [3.63, 3.8) is 0 Å². The van der Waals surface area contributed by atoms with Crippen LogP contribution in [0.5, 0.6) is 0 Å². The summed E-state index contributed by atoms with van der Waals surface area (Å²) >= 11 is 0. The lowest BCUT2D eigenvalue weighted by molar-refractivity contribution is 0.144. The van der Waals surface area contributed by atoms with E-state index in [9.17, 15) is 9.50 Å². The minimum atomic E-state index is -0.851. The molecule has 0 aliphatic heterocycles. The molecule has 0 saturated heterocycles. The van der Waals surface area contributed by atoms with Crippen molar-refractivity contribution in [2.45, 2.75) is 25.5 Å². The highest BCUT2D eigenvalue weighted by Crippen LogP contribution is 2.19. The Morgan fingerprint density at radius 1 is 1.64 bits per heavy atom. The Labute approximate surface area is 81.8 Å². The number of aliphatic hydroxyl groups is 1. The third-order valence-electron chi connectivity index (χ3n) is 2.11. The second-order valence-corrected chi connectivity index (χ2v) is 3.17. The SMILES string of the molecule is CC[C@H](N)[C@H](O)c1cnc(F)c(N)c1. The molecule has 0 unspecified atom stereocenters. The third kappa shape index (κ3) is 2.18. The summed E-state index contributed by atoms with van der Waals surface area (Å²) in [4.78, 5) is 3.41. The first-order chi connectivity index (χ1) is 6.56. The summed E-state index contributed by atoms with van der Waals surface area (Å²) in [6, 6.07) is 0.962. The van der Waals surface area contributed by atoms with Crippen LogP contribution in [0.15, 0.2) is 12.3 Å². The number of rotatable bonds is 3. The molecule has 1 heterocycles. The van der Waals surface area contributed by atoms with Crippen LogP contribution in [0.25, 0.3) is 0 Å². The first kappa shape index (κ1) is 10.9. The van der Waals surface area contributed by atoms with Crippen LogP contribution < -0.4 is 11.5 Å². The maximum absolute atomic E-state index is 12.7. The molecule has 0 aliphatic rings. The van der Waals surface area contributed by atoms with Gasteiger partial charge in [0.15, 0.2) is 0 Å². The first-order valence-corrected chi connectivity index (χ1v) is 4.40. The summed E-state index contributed by atoms with van der Waals surface area (Å²) in [5, 5.41) is 9.66. The number of anilines is 1. The number of aliphatic hydroxyl groups excluding tert-OH is 1. The van der Waals surface area contributed by atoms with E-state index in [1.165, 1.54) is 12.3 Å². The maximum Gasteiger partial charge on any atom is 0.236 e. The first-order valence-electron chi connectivity index (χ1n) is 4.40. The average molecular weight is 199 g/mol. The second-order valence-electron chi connectivity index (χ2n) is 3.17. The lowest BCUT2D eigenvalue weighted by Gasteiger charge is -2.17. The lowest BCUT2D eigenvalue weighted by atomic mass is 10.0. The summed E-state index contributed by atoms with van der Waals surface area (Å²) < 4.78 is 12.7. The van der Waals surface area contributed by atoms with Crippen LogP contribution in [-0.2, 0) is 0 Å². The van der Waals surface area contributed by atoms with E-state index < -0.39 is 12.1 Å². The molecule has 0 fully saturated rings. The van der Waals surface area contributed by atoms with Crippen LogP contribution in [0.3, 0.4) is 0 Å². The predicted molar refractivity (Wildman–Crippen MR) is 51.8 cm³/mol. The van der Waals surface area contributed by atoms with Crippen molar-refractivity contribution < 1.29 is 9.50 Å². The maximum atomic E-state index is 12.7. The fourth-order valence-electron chi connectivity index (χ4n) is 1.11. The van der Waals surface area contributed by atoms with Crippen LogP contribution >= 0.6 is 0 Å². The smallest absolute Gasteiger partial charge is 0.236 e. The topological polar surface area (TPSA) is 85.2 Å². The summed E-state index contributed by atoms with van der Waals surface area (Å²) in [6.45, 7) is 1.86. The van der Waals surface area contributed by atoms with E-state index in [1.54, 1.807) is 0 Å². The predicted octanol–water partition coefficient (Wildman–Crippen LogP) is 0.574. The molecular formula is C9H14FN3O. The Morgan fingerprint density at radius 3 is 2.79 bits per heavy atom. The number of hydrogen-bond acceptors (Lipinski definition) is 4. The molecule has 0 saturated carbocycles. The highest BCUT2D eigenvalue weighted by molar-refractivity contribution is 5.39. The monoisotopic (exact) mass is 199 g/mol. The van der Waals surface area contributed by atoms with E-state index in [0.717, 1.165) is 0 Å². The van der Waals surface area contributed by atoms with Gasteiger partial charge in [-0.2, -0.15) is 4.39 Å². The van der Waals surface area contributed by atoms with Gasteiger partial charge in [0, 0.05) is 17.8 Å². The van der Waals surface area contributed by atoms with Gasteiger partial charge in [-0.1, -0.05) is 6.92 Å². The van der Waals surface area contributed by atoms with E-state index in [-0.39, 0.29) is 11.7 Å². The van der Waals surface area contributed by atoms with Gasteiger partial charge in [0.2, 0.25) is 5.95 Å². The van der Waals surface area contributed by atoms with E-state index in [1.807, 2.05) is 6.92 Å². The van der Waals surface area contributed by atoms with Crippen molar-refractivity contribution in [2.24, 2.45) is 5.73 Å². The van der Waals surface area contributed by atoms with Gasteiger partial charge in [-0.15, -0.1) is 0 Å². The van der Waals surface area contributed by atoms with Gasteiger partial charge >= 0.3 is 0 Å². The number of halogens is 1. The van der Waals surface area contributed by atoms with Crippen molar-refractivity contribution in [1.82, 2.24) is 4.98 Å². The molecule has 0 bridgehead atoms. The molecular weight excluding hydrogens is 185 g/mol. The van der Waals surface area contributed by atoms with Gasteiger partial charge < -0.3 is 16.6 Å². The van der Waals surface area contributed by atoms with Gasteiger partial charge in [0.05, 0.1) is 11.8 Å². The average Bonchev–Trinajstić information content (AvgIpc) is 2.20. The van der Waals surface area contributed by atoms with Crippen LogP contribution in [0.1, 0.15) is 25.0 Å². The Bertz CT molecular complexity index is 319. The highest BCUT2D eigenvalue weighted by Gasteiger charge is 2.16. The summed E-state index contributed by atoms with van der Waals surface area (Å²) in [7, 11) is 0. The Morgan fingerprint density at radius 2 is 2.29 bits per heavy atom. The largest absolute Gasteiger partial charge is 0.395 e. The van der Waals surface area contributed by atoms with E-state index in [4.69, 9.17) is 11.5 Å². The number of nitrogens with zero attached hydrogens (tertiary/aromatic N) is 1. The normalized spacial score (nSPS) is 15.1. The molecule has 78 valence electrons. The molecule has 5 heteroatoms. The standard InChI is InChI=1S/C9H14FN3O/c1-2-6(11)8(14)5-3-7(12)9(10)13-4-5/h3-4,6,8,14H,2,11-12H2,1H3/t6-,8+/m0/s1. The van der Waals surface area contributed by atoms with E-state index >= 15 is 0 Å². The van der Waals surface area contributed by atoms with Gasteiger partial charge in [-0.05, 0) is 12.5 Å². The summed E-state index contributed by atoms with van der Waals surface area (Å²) in [5.41, 5.74) is 11.3. The molecule has 5 N–H and O–H groups in total. The molecule has 2 atom stereocenters. The number of hydrogen-bond donors (Lipinski definition) is 3. The zero-order valence-electron chi connectivity index (χ0n) is 7.94. The van der Waals surface area contributed by atoms with Crippen LogP contribution in [0, 0.1) is 5.95 Å². The molecule has 0 amide bonds. The molecule has 0 aromatic carbocycles. The molecule has 1 aromatic rings. The van der Waals surface area contributed by atoms with E-state index in [2.05, 4.69) is 4.98 Å². The number of nitrogen functional groups attached to an aromatic ring is 1. The zero-order valence-corrected chi connectivity index (χ0v) is 7.94. The zero-order chi connectivity index (χ0) is 10.7. The molecule has 0 spiro atoms. The minimum Gasteiger partial charge on any atom is -0.395 e. The Hall–Kier alpha value is -1.20. The molecule has 0 aliphatic carbocycles. The highest BCUT2D eigenvalue weighted by atomic mass is 19.1. The van der Waals surface area contributed by atoms with Crippen molar-refractivity contribution in [3.05, 3.63) is 23.8 Å². The minimum absolute atomic E-state index is 0.0788. The summed E-state index contributed by atoms with van der Waals surface area (Å²) in [6.07, 6.45) is 1.01. The molecule has 1 aromatic heterocycles. The van der Waals surface area contributed by atoms with Crippen LogP contribution in [0.2, 0.25) is 0 Å². The summed E-state index contributed by atoms with van der Waals surface area (Å²) in [5.74, 6) is -0.731. The molecule has 14 heavy (non-hydrogen) atoms. The van der Waals surface area contributed by atoms with Crippen molar-refractivity contribution in [1.29, 1.82) is 0 Å². The van der Waals surface area contributed by atoms with Gasteiger partial charge in [0.1, 0.15) is 0 Å². The van der Waals surface area contributed by atoms with Crippen LogP contribution in [0.4, 0.5) is 10.1 Å². The Balaban J connectivity index is 2.91. The fraction of sp³-hybridized carbons (Fsp3) is 0.444. The van der Waals surface area contributed by atoms with Crippen LogP contribution in [-0.4, -0.2) is 16.1 Å². The fourth-order valence-corrected chi connectivity index (χ4v) is 1.11. The Kier molecular flexibility index (Phi) is 3.38. The second kappa shape index (κ2) is 4.34. The van der Waals surface area contributed by atoms with Crippen molar-refractivity contribution >= 4 is 5.69 Å². The quantitative estimate of drug-likeness (QED) is 0.621. The third-order valence-corrected chi connectivity index (χ3v) is 2.11. The van der Waals surface area contributed by atoms with Gasteiger partial charge in [-0.25, -0.2) is 4.98 Å². The van der Waals surface area contributed by atoms with Crippen molar-refractivity contribution in [3.8, 4) is 0 Å². The number of nitrogens with two attached hydrogens (primary N) is 2. The number of aromatic nitrogens is 1.